The van der Waals surface area contributed by atoms with E-state index in [1.54, 1.807) is 23.7 Å². The number of hydrogen-bond acceptors (Lipinski definition) is 5. The zero-order valence-electron chi connectivity index (χ0n) is 13.1. The van der Waals surface area contributed by atoms with Gasteiger partial charge in [-0.1, -0.05) is 0 Å². The minimum Gasteiger partial charge on any atom is -0.461 e. The summed E-state index contributed by atoms with van der Waals surface area (Å²) in [4.78, 5) is 25.9. The smallest absolute Gasteiger partial charge is 0.261 e. The summed E-state index contributed by atoms with van der Waals surface area (Å²) in [5.41, 5.74) is 0.902. The molecule has 23 heavy (non-hydrogen) atoms. The largest absolute Gasteiger partial charge is 0.461 e. The maximum atomic E-state index is 12.3. The van der Waals surface area contributed by atoms with Gasteiger partial charge in [-0.2, -0.15) is 5.10 Å². The number of carbonyl (C=O) groups excluding carboxylic acids is 2. The van der Waals surface area contributed by atoms with Gasteiger partial charge in [-0.15, -0.1) is 11.3 Å². The number of fused-ring (bicyclic) bond motifs is 1. The number of carbonyl (C=O) groups is 2. The molecule has 0 fully saturated rings. The number of amides is 1. The Balaban J connectivity index is 1.67. The SMILES string of the molecule is Cc1nn(C)c2sc(C(=O)N[C@H](C)CC(=O)c3ccco3)cc12. The van der Waals surface area contributed by atoms with Crippen LogP contribution in [-0.2, 0) is 7.05 Å². The molecular formula is C16H17N3O3S. The first-order valence-electron chi connectivity index (χ1n) is 7.26. The highest BCUT2D eigenvalue weighted by molar-refractivity contribution is 7.20. The Kier molecular flexibility index (Phi) is 4.04. The van der Waals surface area contributed by atoms with Gasteiger partial charge < -0.3 is 9.73 Å². The molecule has 0 radical (unpaired) electrons. The van der Waals surface area contributed by atoms with E-state index >= 15 is 0 Å². The highest BCUT2D eigenvalue weighted by Gasteiger charge is 2.19. The number of Topliss-reactive ketones (excluding diaryl/α,β-unsaturated/α-hetero) is 1. The Labute approximate surface area is 137 Å². The van der Waals surface area contributed by atoms with Crippen molar-refractivity contribution in [1.82, 2.24) is 15.1 Å². The summed E-state index contributed by atoms with van der Waals surface area (Å²) in [6.45, 7) is 3.72. The van der Waals surface area contributed by atoms with Crippen molar-refractivity contribution in [3.8, 4) is 0 Å². The minimum atomic E-state index is -0.274. The molecule has 1 amide bonds. The molecule has 3 aromatic rings. The summed E-state index contributed by atoms with van der Waals surface area (Å²) in [7, 11) is 1.86. The number of nitrogens with zero attached hydrogens (tertiary/aromatic N) is 2. The molecule has 1 atom stereocenters. The van der Waals surface area contributed by atoms with E-state index in [4.69, 9.17) is 4.42 Å². The molecule has 3 rings (SSSR count). The van der Waals surface area contributed by atoms with Crippen LogP contribution < -0.4 is 5.32 Å². The van der Waals surface area contributed by atoms with E-state index in [0.29, 0.717) is 10.6 Å². The molecule has 0 bridgehead atoms. The van der Waals surface area contributed by atoms with Crippen molar-refractivity contribution in [2.75, 3.05) is 0 Å². The van der Waals surface area contributed by atoms with Crippen LogP contribution in [0.2, 0.25) is 0 Å². The molecule has 7 heteroatoms. The molecular weight excluding hydrogens is 314 g/mol. The van der Waals surface area contributed by atoms with E-state index < -0.39 is 0 Å². The summed E-state index contributed by atoms with van der Waals surface area (Å²) in [5.74, 6) is 0.0131. The van der Waals surface area contributed by atoms with Gasteiger partial charge in [0.1, 0.15) is 4.83 Å². The maximum Gasteiger partial charge on any atom is 0.261 e. The van der Waals surface area contributed by atoms with Crippen molar-refractivity contribution in [3.63, 3.8) is 0 Å². The molecule has 6 nitrogen and oxygen atoms in total. The quantitative estimate of drug-likeness (QED) is 0.729. The van der Waals surface area contributed by atoms with E-state index in [0.717, 1.165) is 15.9 Å². The fraction of sp³-hybridized carbons (Fsp3) is 0.312. The van der Waals surface area contributed by atoms with Crippen molar-refractivity contribution >= 4 is 33.2 Å². The van der Waals surface area contributed by atoms with Gasteiger partial charge in [0.15, 0.2) is 11.5 Å². The van der Waals surface area contributed by atoms with E-state index in [-0.39, 0.29) is 24.2 Å². The van der Waals surface area contributed by atoms with Crippen LogP contribution in [-0.4, -0.2) is 27.5 Å². The second-order valence-electron chi connectivity index (χ2n) is 5.52. The Hall–Kier alpha value is -2.41. The standard InChI is InChI=1S/C16H17N3O3S/c1-9(7-12(20)13-5-4-6-22-13)17-15(21)14-8-11-10(2)18-19(3)16(11)23-14/h4-6,8-9H,7H2,1-3H3,(H,17,21)/t9-/m1/s1. The summed E-state index contributed by atoms with van der Waals surface area (Å²) in [6, 6.07) is 4.87. The topological polar surface area (TPSA) is 77.1 Å². The summed E-state index contributed by atoms with van der Waals surface area (Å²) >= 11 is 1.40. The molecule has 0 unspecified atom stereocenters. The number of rotatable bonds is 5. The zero-order valence-corrected chi connectivity index (χ0v) is 13.9. The van der Waals surface area contributed by atoms with Crippen LogP contribution in [0.15, 0.2) is 28.9 Å². The van der Waals surface area contributed by atoms with Gasteiger partial charge in [-0.3, -0.25) is 14.3 Å². The monoisotopic (exact) mass is 331 g/mol. The summed E-state index contributed by atoms with van der Waals surface area (Å²) in [6.07, 6.45) is 1.66. The fourth-order valence-corrected chi connectivity index (χ4v) is 3.51. The first-order valence-corrected chi connectivity index (χ1v) is 8.08. The van der Waals surface area contributed by atoms with Crippen LogP contribution >= 0.6 is 11.3 Å². The Morgan fingerprint density at radius 2 is 2.26 bits per heavy atom. The first-order chi connectivity index (χ1) is 11.0. The van der Waals surface area contributed by atoms with Crippen molar-refractivity contribution in [1.29, 1.82) is 0 Å². The van der Waals surface area contributed by atoms with Crippen LogP contribution in [0, 0.1) is 6.92 Å². The molecule has 0 saturated carbocycles. The van der Waals surface area contributed by atoms with Gasteiger partial charge in [0.2, 0.25) is 0 Å². The van der Waals surface area contributed by atoms with E-state index in [2.05, 4.69) is 10.4 Å². The third kappa shape index (κ3) is 3.05. The average molecular weight is 331 g/mol. The number of ketones is 1. The second kappa shape index (κ2) is 6.00. The summed E-state index contributed by atoms with van der Waals surface area (Å²) < 4.78 is 6.85. The predicted octanol–water partition coefficient (Wildman–Crippen LogP) is 2.93. The van der Waals surface area contributed by atoms with Crippen LogP contribution in [0.3, 0.4) is 0 Å². The lowest BCUT2D eigenvalue weighted by Gasteiger charge is -2.11. The number of furan rings is 1. The van der Waals surface area contributed by atoms with Gasteiger partial charge in [0, 0.05) is 24.9 Å². The van der Waals surface area contributed by atoms with Crippen molar-refractivity contribution < 1.29 is 14.0 Å². The lowest BCUT2D eigenvalue weighted by Crippen LogP contribution is -2.33. The van der Waals surface area contributed by atoms with Crippen LogP contribution in [0.5, 0.6) is 0 Å². The molecule has 1 N–H and O–H groups in total. The fourth-order valence-electron chi connectivity index (χ4n) is 2.48. The van der Waals surface area contributed by atoms with Crippen LogP contribution in [0.4, 0.5) is 0 Å². The molecule has 0 saturated heterocycles. The van der Waals surface area contributed by atoms with Crippen LogP contribution in [0.25, 0.3) is 10.2 Å². The highest BCUT2D eigenvalue weighted by Crippen LogP contribution is 2.27. The lowest BCUT2D eigenvalue weighted by molar-refractivity contribution is 0.0909. The van der Waals surface area contributed by atoms with Crippen molar-refractivity contribution in [2.24, 2.45) is 7.05 Å². The molecule has 0 spiro atoms. The number of aromatic nitrogens is 2. The second-order valence-corrected chi connectivity index (χ2v) is 6.55. The average Bonchev–Trinajstić information content (AvgIpc) is 3.19. The van der Waals surface area contributed by atoms with E-state index in [1.165, 1.54) is 17.6 Å². The Bertz CT molecular complexity index is 826. The molecule has 3 aromatic heterocycles. The van der Waals surface area contributed by atoms with Gasteiger partial charge in [-0.05, 0) is 32.0 Å². The molecule has 120 valence electrons. The van der Waals surface area contributed by atoms with Gasteiger partial charge >= 0.3 is 0 Å². The van der Waals surface area contributed by atoms with E-state index in [1.807, 2.05) is 20.0 Å². The van der Waals surface area contributed by atoms with Crippen LogP contribution in [0.1, 0.15) is 39.3 Å². The maximum absolute atomic E-state index is 12.3. The van der Waals surface area contributed by atoms with Gasteiger partial charge in [0.05, 0.1) is 16.8 Å². The molecule has 0 aliphatic heterocycles. The van der Waals surface area contributed by atoms with Crippen molar-refractivity contribution in [3.05, 3.63) is 40.8 Å². The molecule has 0 aromatic carbocycles. The van der Waals surface area contributed by atoms with Crippen molar-refractivity contribution in [2.45, 2.75) is 26.3 Å². The van der Waals surface area contributed by atoms with Gasteiger partial charge in [0.25, 0.3) is 5.91 Å². The minimum absolute atomic E-state index is 0.126. The van der Waals surface area contributed by atoms with Gasteiger partial charge in [-0.25, -0.2) is 0 Å². The Morgan fingerprint density at radius 3 is 2.91 bits per heavy atom. The molecule has 3 heterocycles. The number of thiophene rings is 1. The third-order valence-electron chi connectivity index (χ3n) is 3.59. The normalized spacial score (nSPS) is 12.5. The first kappa shape index (κ1) is 15.5. The number of hydrogen-bond donors (Lipinski definition) is 1. The zero-order chi connectivity index (χ0) is 16.6. The molecule has 0 aliphatic carbocycles. The predicted molar refractivity (Wildman–Crippen MR) is 87.9 cm³/mol. The van der Waals surface area contributed by atoms with E-state index in [9.17, 15) is 9.59 Å². The Morgan fingerprint density at radius 1 is 1.48 bits per heavy atom. The highest BCUT2D eigenvalue weighted by atomic mass is 32.1. The number of aryl methyl sites for hydroxylation is 2. The number of nitrogens with one attached hydrogen (secondary N) is 1. The lowest BCUT2D eigenvalue weighted by atomic mass is 10.1. The summed E-state index contributed by atoms with van der Waals surface area (Å²) in [5, 5.41) is 8.17. The molecule has 0 aliphatic rings. The third-order valence-corrected chi connectivity index (χ3v) is 4.79.